The molecule has 2 saturated carbocycles. The lowest BCUT2D eigenvalue weighted by Crippen LogP contribution is -2.62. The minimum absolute atomic E-state index is 0.323. The lowest BCUT2D eigenvalue weighted by Gasteiger charge is -2.38. The van der Waals surface area contributed by atoms with Gasteiger partial charge in [-0.25, -0.2) is 0 Å². The van der Waals surface area contributed by atoms with Crippen LogP contribution < -0.4 is 5.32 Å². The first-order valence-electron chi connectivity index (χ1n) is 8.45. The average Bonchev–Trinajstić information content (AvgIpc) is 3.26. The van der Waals surface area contributed by atoms with Crippen LogP contribution in [0.3, 0.4) is 0 Å². The fraction of sp³-hybridized carbons (Fsp3) is 0.938. The van der Waals surface area contributed by atoms with Crippen molar-refractivity contribution in [2.75, 3.05) is 33.2 Å². The molecule has 5 nitrogen and oxygen atoms in total. The van der Waals surface area contributed by atoms with Crippen molar-refractivity contribution in [3.8, 4) is 0 Å². The van der Waals surface area contributed by atoms with Gasteiger partial charge in [0.05, 0.1) is 0 Å². The highest BCUT2D eigenvalue weighted by atomic mass is 16.4. The molecule has 0 aromatic heterocycles. The Morgan fingerprint density at radius 2 is 2.00 bits per heavy atom. The molecule has 0 aromatic rings. The Labute approximate surface area is 127 Å². The monoisotopic (exact) mass is 295 g/mol. The van der Waals surface area contributed by atoms with Crippen LogP contribution in [0.25, 0.3) is 0 Å². The summed E-state index contributed by atoms with van der Waals surface area (Å²) in [6, 6.07) is 0.864. The summed E-state index contributed by atoms with van der Waals surface area (Å²) in [4.78, 5) is 16.9. The average molecular weight is 295 g/mol. The Kier molecular flexibility index (Phi) is 4.26. The van der Waals surface area contributed by atoms with Crippen molar-refractivity contribution < 1.29 is 9.90 Å². The van der Waals surface area contributed by atoms with Crippen LogP contribution in [-0.2, 0) is 4.79 Å². The highest BCUT2D eigenvalue weighted by Gasteiger charge is 2.54. The molecular weight excluding hydrogens is 266 g/mol. The topological polar surface area (TPSA) is 55.8 Å². The fourth-order valence-corrected chi connectivity index (χ4v) is 3.74. The predicted octanol–water partition coefficient (Wildman–Crippen LogP) is 0.998. The third-order valence-electron chi connectivity index (χ3n) is 5.33. The number of rotatable bonds is 6. The Hall–Kier alpha value is -0.650. The molecular formula is C16H29N3O2. The molecule has 1 aliphatic heterocycles. The first-order valence-corrected chi connectivity index (χ1v) is 8.45. The van der Waals surface area contributed by atoms with E-state index in [0.717, 1.165) is 51.7 Å². The Morgan fingerprint density at radius 3 is 2.57 bits per heavy atom. The molecule has 2 unspecified atom stereocenters. The van der Waals surface area contributed by atoms with Crippen molar-refractivity contribution in [2.24, 2.45) is 5.92 Å². The van der Waals surface area contributed by atoms with E-state index in [-0.39, 0.29) is 0 Å². The quantitative estimate of drug-likeness (QED) is 0.765. The minimum atomic E-state index is -0.710. The summed E-state index contributed by atoms with van der Waals surface area (Å²) in [5.74, 6) is -0.314. The van der Waals surface area contributed by atoms with Gasteiger partial charge in [0, 0.05) is 25.2 Å². The molecule has 2 N–H and O–H groups in total. The second-order valence-electron chi connectivity index (χ2n) is 7.40. The second kappa shape index (κ2) is 5.86. The highest BCUT2D eigenvalue weighted by Crippen LogP contribution is 2.42. The molecule has 3 fully saturated rings. The summed E-state index contributed by atoms with van der Waals surface area (Å²) in [6.45, 7) is 6.06. The number of hydrogen-bond donors (Lipinski definition) is 2. The van der Waals surface area contributed by atoms with Gasteiger partial charge in [-0.3, -0.25) is 15.0 Å². The number of hydrogen-bond acceptors (Lipinski definition) is 4. The SMILES string of the molecule is CC1CN(C)CCCN1CC(NC1CC1)(C(=O)O)C1CC1. The number of carboxylic acid groups (broad SMARTS) is 1. The molecule has 120 valence electrons. The minimum Gasteiger partial charge on any atom is -0.480 e. The molecule has 21 heavy (non-hydrogen) atoms. The van der Waals surface area contributed by atoms with Crippen LogP contribution >= 0.6 is 0 Å². The predicted molar refractivity (Wildman–Crippen MR) is 82.4 cm³/mol. The Bertz CT molecular complexity index is 395. The number of carboxylic acids is 1. The zero-order valence-corrected chi connectivity index (χ0v) is 13.3. The first kappa shape index (κ1) is 15.3. The molecule has 0 bridgehead atoms. The third kappa shape index (κ3) is 3.41. The van der Waals surface area contributed by atoms with E-state index in [1.54, 1.807) is 0 Å². The van der Waals surface area contributed by atoms with E-state index in [4.69, 9.17) is 0 Å². The molecule has 2 aliphatic carbocycles. The van der Waals surface area contributed by atoms with Gasteiger partial charge in [-0.15, -0.1) is 0 Å². The second-order valence-corrected chi connectivity index (χ2v) is 7.40. The summed E-state index contributed by atoms with van der Waals surface area (Å²) < 4.78 is 0. The zero-order valence-electron chi connectivity index (χ0n) is 13.3. The number of nitrogens with one attached hydrogen (secondary N) is 1. The van der Waals surface area contributed by atoms with Gasteiger partial charge in [0.2, 0.25) is 0 Å². The van der Waals surface area contributed by atoms with Gasteiger partial charge < -0.3 is 10.0 Å². The number of nitrogens with zero attached hydrogens (tertiary/aromatic N) is 2. The fourth-order valence-electron chi connectivity index (χ4n) is 3.74. The van der Waals surface area contributed by atoms with E-state index in [1.165, 1.54) is 0 Å². The molecule has 1 heterocycles. The van der Waals surface area contributed by atoms with Crippen molar-refractivity contribution in [3.05, 3.63) is 0 Å². The molecule has 3 aliphatic rings. The van der Waals surface area contributed by atoms with Crippen LogP contribution in [0.15, 0.2) is 0 Å². The van der Waals surface area contributed by atoms with Gasteiger partial charge in [-0.1, -0.05) is 0 Å². The Balaban J connectivity index is 1.74. The summed E-state index contributed by atoms with van der Waals surface area (Å²) in [6.07, 6.45) is 5.53. The smallest absolute Gasteiger partial charge is 0.325 e. The maximum absolute atomic E-state index is 12.1. The lowest BCUT2D eigenvalue weighted by molar-refractivity contribution is -0.147. The summed E-state index contributed by atoms with van der Waals surface area (Å²) in [7, 11) is 2.16. The van der Waals surface area contributed by atoms with Crippen LogP contribution in [0.5, 0.6) is 0 Å². The largest absolute Gasteiger partial charge is 0.480 e. The lowest BCUT2D eigenvalue weighted by atomic mass is 9.91. The van der Waals surface area contributed by atoms with Gasteiger partial charge in [-0.2, -0.15) is 0 Å². The van der Waals surface area contributed by atoms with E-state index in [1.807, 2.05) is 0 Å². The van der Waals surface area contributed by atoms with Crippen LogP contribution in [-0.4, -0.2) is 71.7 Å². The van der Waals surface area contributed by atoms with Crippen LogP contribution in [0, 0.1) is 5.92 Å². The maximum Gasteiger partial charge on any atom is 0.325 e. The molecule has 1 saturated heterocycles. The van der Waals surface area contributed by atoms with Crippen LogP contribution in [0.4, 0.5) is 0 Å². The molecule has 0 radical (unpaired) electrons. The van der Waals surface area contributed by atoms with E-state index < -0.39 is 11.5 Å². The standard InChI is InChI=1S/C16H29N3O2/c1-12-10-18(2)8-3-9-19(12)11-16(15(20)21,13-4-5-13)17-14-6-7-14/h12-14,17H,3-11H2,1-2H3,(H,20,21). The summed E-state index contributed by atoms with van der Waals surface area (Å²) in [5, 5.41) is 13.5. The molecule has 2 atom stereocenters. The van der Waals surface area contributed by atoms with Gasteiger partial charge in [-0.05, 0) is 65.1 Å². The van der Waals surface area contributed by atoms with Gasteiger partial charge in [0.15, 0.2) is 0 Å². The zero-order chi connectivity index (χ0) is 15.0. The van der Waals surface area contributed by atoms with Crippen molar-refractivity contribution in [1.29, 1.82) is 0 Å². The maximum atomic E-state index is 12.1. The van der Waals surface area contributed by atoms with E-state index in [2.05, 4.69) is 29.1 Å². The van der Waals surface area contributed by atoms with Crippen molar-refractivity contribution in [2.45, 2.75) is 56.7 Å². The van der Waals surface area contributed by atoms with E-state index in [0.29, 0.717) is 24.5 Å². The van der Waals surface area contributed by atoms with Crippen molar-refractivity contribution in [3.63, 3.8) is 0 Å². The van der Waals surface area contributed by atoms with Crippen molar-refractivity contribution in [1.82, 2.24) is 15.1 Å². The summed E-state index contributed by atoms with van der Waals surface area (Å²) >= 11 is 0. The number of carbonyl (C=O) groups is 1. The Morgan fingerprint density at radius 1 is 1.29 bits per heavy atom. The first-order chi connectivity index (χ1) is 10.0. The molecule has 0 spiro atoms. The van der Waals surface area contributed by atoms with Crippen molar-refractivity contribution >= 4 is 5.97 Å². The number of likely N-dealkylation sites (N-methyl/N-ethyl adjacent to an activating group) is 1. The summed E-state index contributed by atoms with van der Waals surface area (Å²) in [5.41, 5.74) is -0.710. The van der Waals surface area contributed by atoms with Gasteiger partial charge in [0.1, 0.15) is 5.54 Å². The third-order valence-corrected chi connectivity index (χ3v) is 5.33. The van der Waals surface area contributed by atoms with Gasteiger partial charge >= 0.3 is 5.97 Å². The van der Waals surface area contributed by atoms with Crippen LogP contribution in [0.1, 0.15) is 39.0 Å². The molecule has 5 heteroatoms. The van der Waals surface area contributed by atoms with Crippen LogP contribution in [0.2, 0.25) is 0 Å². The van der Waals surface area contributed by atoms with Gasteiger partial charge in [0.25, 0.3) is 0 Å². The molecule has 3 rings (SSSR count). The van der Waals surface area contributed by atoms with E-state index >= 15 is 0 Å². The highest BCUT2D eigenvalue weighted by molar-refractivity contribution is 5.80. The molecule has 0 amide bonds. The van der Waals surface area contributed by atoms with E-state index in [9.17, 15) is 9.90 Å². The molecule has 0 aromatic carbocycles. The number of aliphatic carboxylic acids is 1. The normalized spacial score (nSPS) is 31.6.